The van der Waals surface area contributed by atoms with Gasteiger partial charge in [-0.25, -0.2) is 9.97 Å². The van der Waals surface area contributed by atoms with E-state index in [0.717, 1.165) is 36.3 Å². The van der Waals surface area contributed by atoms with E-state index in [0.29, 0.717) is 54.3 Å². The predicted molar refractivity (Wildman–Crippen MR) is 137 cm³/mol. The summed E-state index contributed by atoms with van der Waals surface area (Å²) in [5.41, 5.74) is 2.73. The summed E-state index contributed by atoms with van der Waals surface area (Å²) in [5.74, 6) is 3.05. The molecule has 3 aromatic rings. The summed E-state index contributed by atoms with van der Waals surface area (Å²) < 4.78 is 22.7. The SMILES string of the molecule is COc1cc(Nc2nccc(-c3ccc(OC4CCOCC4)c(C#N)c3)n2)ccc1OCCCS. The number of rotatable bonds is 10. The maximum Gasteiger partial charge on any atom is 0.227 e. The first-order chi connectivity index (χ1) is 17.2. The number of nitriles is 1. The molecule has 2 aromatic carbocycles. The molecule has 1 aliphatic rings. The zero-order valence-corrected chi connectivity index (χ0v) is 20.5. The Bertz CT molecular complexity index is 1180. The molecule has 2 heterocycles. The zero-order chi connectivity index (χ0) is 24.5. The van der Waals surface area contributed by atoms with Gasteiger partial charge in [0.25, 0.3) is 0 Å². The molecule has 1 aromatic heterocycles. The van der Waals surface area contributed by atoms with E-state index in [1.54, 1.807) is 25.4 Å². The van der Waals surface area contributed by atoms with Crippen molar-refractivity contribution in [2.45, 2.75) is 25.4 Å². The topological polar surface area (TPSA) is 98.5 Å². The maximum absolute atomic E-state index is 9.68. The van der Waals surface area contributed by atoms with E-state index < -0.39 is 0 Å². The van der Waals surface area contributed by atoms with E-state index >= 15 is 0 Å². The Morgan fingerprint density at radius 3 is 2.71 bits per heavy atom. The molecule has 1 saturated heterocycles. The fourth-order valence-electron chi connectivity index (χ4n) is 3.67. The van der Waals surface area contributed by atoms with Gasteiger partial charge in [-0.2, -0.15) is 17.9 Å². The lowest BCUT2D eigenvalue weighted by Crippen LogP contribution is -2.26. The van der Waals surface area contributed by atoms with Crippen molar-refractivity contribution in [3.8, 4) is 34.6 Å². The van der Waals surface area contributed by atoms with Gasteiger partial charge < -0.3 is 24.3 Å². The van der Waals surface area contributed by atoms with Crippen LogP contribution in [-0.4, -0.2) is 48.8 Å². The van der Waals surface area contributed by atoms with E-state index in [4.69, 9.17) is 18.9 Å². The van der Waals surface area contributed by atoms with Gasteiger partial charge in [-0.3, -0.25) is 0 Å². The highest BCUT2D eigenvalue weighted by atomic mass is 32.1. The Balaban J connectivity index is 1.49. The molecular weight excluding hydrogens is 464 g/mol. The summed E-state index contributed by atoms with van der Waals surface area (Å²) in [5, 5.41) is 12.9. The number of nitrogens with zero attached hydrogens (tertiary/aromatic N) is 3. The van der Waals surface area contributed by atoms with Gasteiger partial charge in [-0.15, -0.1) is 0 Å². The molecule has 8 nitrogen and oxygen atoms in total. The first kappa shape index (κ1) is 24.6. The molecule has 0 atom stereocenters. The molecule has 0 bridgehead atoms. The van der Waals surface area contributed by atoms with Gasteiger partial charge in [-0.1, -0.05) is 0 Å². The van der Waals surface area contributed by atoms with E-state index in [1.807, 2.05) is 30.3 Å². The summed E-state index contributed by atoms with van der Waals surface area (Å²) in [6.45, 7) is 1.93. The van der Waals surface area contributed by atoms with Gasteiger partial charge in [0.2, 0.25) is 5.95 Å². The Morgan fingerprint density at radius 1 is 1.11 bits per heavy atom. The van der Waals surface area contributed by atoms with Crippen LogP contribution in [-0.2, 0) is 4.74 Å². The van der Waals surface area contributed by atoms with Gasteiger partial charge in [0.1, 0.15) is 17.9 Å². The third-order valence-corrected chi connectivity index (χ3v) is 5.81. The molecule has 0 spiro atoms. The molecule has 35 heavy (non-hydrogen) atoms. The van der Waals surface area contributed by atoms with Crippen molar-refractivity contribution in [1.82, 2.24) is 9.97 Å². The minimum Gasteiger partial charge on any atom is -0.493 e. The monoisotopic (exact) mass is 492 g/mol. The van der Waals surface area contributed by atoms with Gasteiger partial charge in [-0.05, 0) is 48.6 Å². The predicted octanol–water partition coefficient (Wildman–Crippen LogP) is 5.02. The summed E-state index contributed by atoms with van der Waals surface area (Å²) in [6, 6.07) is 15.1. The van der Waals surface area contributed by atoms with Crippen molar-refractivity contribution in [2.75, 3.05) is 38.0 Å². The molecule has 0 unspecified atom stereocenters. The number of ether oxygens (including phenoxy) is 4. The van der Waals surface area contributed by atoms with E-state index in [-0.39, 0.29) is 6.10 Å². The maximum atomic E-state index is 9.68. The molecule has 4 rings (SSSR count). The highest BCUT2D eigenvalue weighted by Gasteiger charge is 2.17. The highest BCUT2D eigenvalue weighted by Crippen LogP contribution is 2.32. The Labute approximate surface area is 210 Å². The standard InChI is InChI=1S/C26H28N4O4S/c1-31-25-16-20(4-6-24(25)33-11-2-14-35)29-26-28-10-7-22(30-26)18-3-5-23(19(15-18)17-27)34-21-8-12-32-13-9-21/h3-7,10,15-16,21,35H,2,8-9,11-14H2,1H3,(H,28,29,30). The molecule has 0 aliphatic carbocycles. The summed E-state index contributed by atoms with van der Waals surface area (Å²) in [6.07, 6.45) is 4.23. The molecule has 0 amide bonds. The minimum absolute atomic E-state index is 0.0633. The van der Waals surface area contributed by atoms with Crippen molar-refractivity contribution in [1.29, 1.82) is 5.26 Å². The van der Waals surface area contributed by atoms with Crippen LogP contribution in [0, 0.1) is 11.3 Å². The first-order valence-corrected chi connectivity index (χ1v) is 12.1. The summed E-state index contributed by atoms with van der Waals surface area (Å²) >= 11 is 4.20. The van der Waals surface area contributed by atoms with E-state index in [9.17, 15) is 5.26 Å². The van der Waals surface area contributed by atoms with Gasteiger partial charge in [0.15, 0.2) is 11.5 Å². The second-order valence-electron chi connectivity index (χ2n) is 7.93. The van der Waals surface area contributed by atoms with Crippen molar-refractivity contribution in [2.24, 2.45) is 0 Å². The lowest BCUT2D eigenvalue weighted by atomic mass is 10.1. The molecule has 182 valence electrons. The molecular formula is C26H28N4O4S. The van der Waals surface area contributed by atoms with Crippen LogP contribution >= 0.6 is 12.6 Å². The number of aromatic nitrogens is 2. The summed E-state index contributed by atoms with van der Waals surface area (Å²) in [4.78, 5) is 8.96. The van der Waals surface area contributed by atoms with Gasteiger partial charge in [0.05, 0.1) is 38.2 Å². The third-order valence-electron chi connectivity index (χ3n) is 5.49. The third kappa shape index (κ3) is 6.56. The zero-order valence-electron chi connectivity index (χ0n) is 19.6. The van der Waals surface area contributed by atoms with Crippen LogP contribution < -0.4 is 19.5 Å². The number of hydrogen-bond acceptors (Lipinski definition) is 9. The fourth-order valence-corrected chi connectivity index (χ4v) is 3.80. The number of thiol groups is 1. The molecule has 9 heteroatoms. The van der Waals surface area contributed by atoms with E-state index in [1.165, 1.54) is 0 Å². The highest BCUT2D eigenvalue weighted by molar-refractivity contribution is 7.80. The normalized spacial score (nSPS) is 13.6. The molecule has 1 aliphatic heterocycles. The quantitative estimate of drug-likeness (QED) is 0.301. The van der Waals surface area contributed by atoms with Crippen LogP contribution in [0.4, 0.5) is 11.6 Å². The molecule has 1 fully saturated rings. The second kappa shape index (κ2) is 12.3. The smallest absolute Gasteiger partial charge is 0.227 e. The molecule has 0 saturated carbocycles. The number of nitrogens with one attached hydrogen (secondary N) is 1. The first-order valence-electron chi connectivity index (χ1n) is 11.5. The number of hydrogen-bond donors (Lipinski definition) is 2. The van der Waals surface area contributed by atoms with Gasteiger partial charge in [0, 0.05) is 36.4 Å². The molecule has 0 radical (unpaired) electrons. The molecule has 1 N–H and O–H groups in total. The lowest BCUT2D eigenvalue weighted by molar-refractivity contribution is 0.0254. The second-order valence-corrected chi connectivity index (χ2v) is 8.38. The van der Waals surface area contributed by atoms with Crippen molar-refractivity contribution < 1.29 is 18.9 Å². The van der Waals surface area contributed by atoms with Gasteiger partial charge >= 0.3 is 0 Å². The van der Waals surface area contributed by atoms with Crippen molar-refractivity contribution in [3.63, 3.8) is 0 Å². The van der Waals surface area contributed by atoms with Crippen LogP contribution in [0.2, 0.25) is 0 Å². The average Bonchev–Trinajstić information content (AvgIpc) is 2.90. The Kier molecular flexibility index (Phi) is 8.65. The van der Waals surface area contributed by atoms with Crippen molar-refractivity contribution in [3.05, 3.63) is 54.2 Å². The Morgan fingerprint density at radius 2 is 1.94 bits per heavy atom. The van der Waals surface area contributed by atoms with Crippen molar-refractivity contribution >= 4 is 24.3 Å². The number of methoxy groups -OCH3 is 1. The largest absolute Gasteiger partial charge is 0.493 e. The minimum atomic E-state index is 0.0633. The van der Waals surface area contributed by atoms with Crippen LogP contribution in [0.3, 0.4) is 0 Å². The van der Waals surface area contributed by atoms with E-state index in [2.05, 4.69) is 34.0 Å². The lowest BCUT2D eigenvalue weighted by Gasteiger charge is -2.23. The fraction of sp³-hybridized carbons (Fsp3) is 0.346. The number of anilines is 2. The van der Waals surface area contributed by atoms with Crippen LogP contribution in [0.25, 0.3) is 11.3 Å². The Hall–Kier alpha value is -3.48. The van der Waals surface area contributed by atoms with Crippen LogP contribution in [0.1, 0.15) is 24.8 Å². The van der Waals surface area contributed by atoms with Crippen LogP contribution in [0.15, 0.2) is 48.7 Å². The van der Waals surface area contributed by atoms with Crippen LogP contribution in [0.5, 0.6) is 17.2 Å². The average molecular weight is 493 g/mol. The number of benzene rings is 2. The summed E-state index contributed by atoms with van der Waals surface area (Å²) in [7, 11) is 1.60.